The number of rotatable bonds is 16. The Morgan fingerprint density at radius 2 is 1.16 bits per heavy atom. The highest BCUT2D eigenvalue weighted by atomic mass is 16.5. The molecule has 3 aromatic rings. The number of hydrogen-bond donors (Lipinski definition) is 0. The van der Waals surface area contributed by atoms with Crippen molar-refractivity contribution in [3.8, 4) is 0 Å². The Morgan fingerprint density at radius 3 is 1.68 bits per heavy atom. The molecule has 3 heteroatoms. The van der Waals surface area contributed by atoms with Crippen LogP contribution in [0, 0.1) is 13.8 Å². The van der Waals surface area contributed by atoms with Gasteiger partial charge in [0.25, 0.3) is 0 Å². The molecule has 3 aromatic carbocycles. The maximum Gasteiger partial charge on any atom is 0.306 e. The van der Waals surface area contributed by atoms with E-state index in [9.17, 15) is 4.79 Å². The predicted molar refractivity (Wildman–Crippen MR) is 157 cm³/mol. The summed E-state index contributed by atoms with van der Waals surface area (Å²) in [7, 11) is 0. The van der Waals surface area contributed by atoms with Gasteiger partial charge in [-0.3, -0.25) is 4.79 Å². The van der Waals surface area contributed by atoms with Crippen molar-refractivity contribution in [3.63, 3.8) is 0 Å². The highest BCUT2D eigenvalue weighted by molar-refractivity contribution is 5.76. The van der Waals surface area contributed by atoms with E-state index >= 15 is 0 Å². The zero-order chi connectivity index (χ0) is 26.3. The average molecular weight is 498 g/mol. The van der Waals surface area contributed by atoms with E-state index in [1.165, 1.54) is 43.2 Å². The SMILES string of the molecule is C=CCCCCCCCCCOC(=O)CCc1ccc(N(c2ccc(C)cc2)c2ccc(C)cc2)cc1. The first kappa shape index (κ1) is 28.2. The molecule has 3 rings (SSSR count). The van der Waals surface area contributed by atoms with Crippen molar-refractivity contribution in [2.24, 2.45) is 0 Å². The predicted octanol–water partition coefficient (Wildman–Crippen LogP) is 9.56. The standard InChI is InChI=1S/C34H43NO2/c1-4-5-6-7-8-9-10-11-12-27-37-34(36)26-19-30-17-24-33(25-18-30)35(31-20-13-28(2)14-21-31)32-22-15-29(3)16-23-32/h4,13-18,20-25H,1,5-12,19,26-27H2,2-3H3. The molecule has 0 radical (unpaired) electrons. The molecule has 0 atom stereocenters. The fraction of sp³-hybridized carbons (Fsp3) is 0.382. The van der Waals surface area contributed by atoms with Crippen molar-refractivity contribution in [3.05, 3.63) is 102 Å². The quantitative estimate of drug-likeness (QED) is 0.112. The van der Waals surface area contributed by atoms with Crippen LogP contribution in [0.3, 0.4) is 0 Å². The number of anilines is 3. The van der Waals surface area contributed by atoms with Gasteiger partial charge in [-0.1, -0.05) is 85.7 Å². The fourth-order valence-corrected chi connectivity index (χ4v) is 4.43. The molecule has 0 heterocycles. The van der Waals surface area contributed by atoms with Gasteiger partial charge in [-0.15, -0.1) is 6.58 Å². The third-order valence-corrected chi connectivity index (χ3v) is 6.71. The second-order valence-corrected chi connectivity index (χ2v) is 9.95. The lowest BCUT2D eigenvalue weighted by Gasteiger charge is -2.26. The minimum Gasteiger partial charge on any atom is -0.466 e. The molecule has 0 amide bonds. The zero-order valence-corrected chi connectivity index (χ0v) is 22.8. The Labute approximate surface area is 224 Å². The lowest BCUT2D eigenvalue weighted by molar-refractivity contribution is -0.143. The van der Waals surface area contributed by atoms with Crippen molar-refractivity contribution in [2.75, 3.05) is 11.5 Å². The highest BCUT2D eigenvalue weighted by Crippen LogP contribution is 2.34. The van der Waals surface area contributed by atoms with Crippen LogP contribution in [-0.2, 0) is 16.0 Å². The third kappa shape index (κ3) is 9.92. The van der Waals surface area contributed by atoms with Crippen molar-refractivity contribution in [1.82, 2.24) is 0 Å². The summed E-state index contributed by atoms with van der Waals surface area (Å²) in [4.78, 5) is 14.5. The zero-order valence-electron chi connectivity index (χ0n) is 22.8. The fourth-order valence-electron chi connectivity index (χ4n) is 4.43. The van der Waals surface area contributed by atoms with Gasteiger partial charge in [0, 0.05) is 23.5 Å². The van der Waals surface area contributed by atoms with Gasteiger partial charge >= 0.3 is 5.97 Å². The van der Waals surface area contributed by atoms with Gasteiger partial charge in [0.1, 0.15) is 0 Å². The van der Waals surface area contributed by atoms with Crippen LogP contribution in [0.25, 0.3) is 0 Å². The van der Waals surface area contributed by atoms with E-state index in [2.05, 4.69) is 98.1 Å². The van der Waals surface area contributed by atoms with Crippen LogP contribution in [0.5, 0.6) is 0 Å². The van der Waals surface area contributed by atoms with Crippen LogP contribution in [0.2, 0.25) is 0 Å². The summed E-state index contributed by atoms with van der Waals surface area (Å²) in [5.41, 5.74) is 6.97. The third-order valence-electron chi connectivity index (χ3n) is 6.71. The number of allylic oxidation sites excluding steroid dienone is 1. The Bertz CT molecular complexity index is 1020. The number of ether oxygens (including phenoxy) is 1. The first-order chi connectivity index (χ1) is 18.1. The summed E-state index contributed by atoms with van der Waals surface area (Å²) >= 11 is 0. The summed E-state index contributed by atoms with van der Waals surface area (Å²) in [6.45, 7) is 8.51. The van der Waals surface area contributed by atoms with Gasteiger partial charge in [0.05, 0.1) is 6.61 Å². The van der Waals surface area contributed by atoms with E-state index in [-0.39, 0.29) is 5.97 Å². The molecular formula is C34H43NO2. The van der Waals surface area contributed by atoms with E-state index in [0.717, 1.165) is 41.9 Å². The number of carbonyl (C=O) groups excluding carboxylic acids is 1. The molecule has 0 aromatic heterocycles. The van der Waals surface area contributed by atoms with Gasteiger partial charge in [-0.2, -0.15) is 0 Å². The van der Waals surface area contributed by atoms with Crippen molar-refractivity contribution < 1.29 is 9.53 Å². The van der Waals surface area contributed by atoms with E-state index in [0.29, 0.717) is 19.4 Å². The lowest BCUT2D eigenvalue weighted by atomic mass is 10.1. The molecule has 0 unspecified atom stereocenters. The maximum absolute atomic E-state index is 12.2. The largest absolute Gasteiger partial charge is 0.466 e. The maximum atomic E-state index is 12.2. The minimum absolute atomic E-state index is 0.102. The molecule has 37 heavy (non-hydrogen) atoms. The number of esters is 1. The van der Waals surface area contributed by atoms with E-state index in [1.54, 1.807) is 0 Å². The smallest absolute Gasteiger partial charge is 0.306 e. The number of aryl methyl sites for hydroxylation is 3. The summed E-state index contributed by atoms with van der Waals surface area (Å²) in [5, 5.41) is 0. The Hall–Kier alpha value is -3.33. The van der Waals surface area contributed by atoms with Gasteiger partial charge in [-0.25, -0.2) is 0 Å². The highest BCUT2D eigenvalue weighted by Gasteiger charge is 2.12. The van der Waals surface area contributed by atoms with Crippen molar-refractivity contribution in [2.45, 2.75) is 78.1 Å². The second kappa shape index (κ2) is 15.7. The van der Waals surface area contributed by atoms with Gasteiger partial charge in [0.15, 0.2) is 0 Å². The van der Waals surface area contributed by atoms with Crippen LogP contribution in [0.1, 0.15) is 74.5 Å². The summed E-state index contributed by atoms with van der Waals surface area (Å²) in [6.07, 6.45) is 12.7. The Kier molecular flexibility index (Phi) is 12.0. The molecule has 0 fully saturated rings. The van der Waals surface area contributed by atoms with E-state index < -0.39 is 0 Å². The Balaban J connectivity index is 1.45. The molecule has 0 aliphatic rings. The molecule has 0 saturated heterocycles. The van der Waals surface area contributed by atoms with E-state index in [1.807, 2.05) is 6.08 Å². The van der Waals surface area contributed by atoms with Gasteiger partial charge < -0.3 is 9.64 Å². The lowest BCUT2D eigenvalue weighted by Crippen LogP contribution is -2.10. The topological polar surface area (TPSA) is 29.5 Å². The van der Waals surface area contributed by atoms with Crippen LogP contribution in [-0.4, -0.2) is 12.6 Å². The van der Waals surface area contributed by atoms with E-state index in [4.69, 9.17) is 4.74 Å². The molecule has 0 N–H and O–H groups in total. The molecule has 0 bridgehead atoms. The second-order valence-electron chi connectivity index (χ2n) is 9.95. The minimum atomic E-state index is -0.102. The molecular weight excluding hydrogens is 454 g/mol. The molecule has 0 spiro atoms. The van der Waals surface area contributed by atoms with Crippen LogP contribution in [0.15, 0.2) is 85.5 Å². The van der Waals surface area contributed by atoms with Gasteiger partial charge in [0.2, 0.25) is 0 Å². The van der Waals surface area contributed by atoms with Crippen LogP contribution in [0.4, 0.5) is 17.1 Å². The average Bonchev–Trinajstić information content (AvgIpc) is 2.91. The number of nitrogens with zero attached hydrogens (tertiary/aromatic N) is 1. The van der Waals surface area contributed by atoms with Crippen LogP contribution < -0.4 is 4.90 Å². The summed E-state index contributed by atoms with van der Waals surface area (Å²) in [6, 6.07) is 25.7. The van der Waals surface area contributed by atoms with Crippen molar-refractivity contribution in [1.29, 1.82) is 0 Å². The normalized spacial score (nSPS) is 10.8. The molecule has 196 valence electrons. The van der Waals surface area contributed by atoms with Crippen molar-refractivity contribution >= 4 is 23.0 Å². The monoisotopic (exact) mass is 497 g/mol. The summed E-state index contributed by atoms with van der Waals surface area (Å²) < 4.78 is 5.46. The number of hydrogen-bond acceptors (Lipinski definition) is 3. The molecule has 3 nitrogen and oxygen atoms in total. The first-order valence-electron chi connectivity index (χ1n) is 13.9. The number of benzene rings is 3. The number of carbonyl (C=O) groups is 1. The Morgan fingerprint density at radius 1 is 0.703 bits per heavy atom. The van der Waals surface area contributed by atoms with Gasteiger partial charge in [-0.05, 0) is 81.5 Å². The summed E-state index contributed by atoms with van der Waals surface area (Å²) in [5.74, 6) is -0.102. The molecule has 0 aliphatic carbocycles. The molecule has 0 saturated carbocycles. The van der Waals surface area contributed by atoms with Crippen LogP contribution >= 0.6 is 0 Å². The first-order valence-corrected chi connectivity index (χ1v) is 13.9. The number of unbranched alkanes of at least 4 members (excludes halogenated alkanes) is 7. The molecule has 0 aliphatic heterocycles.